The number of rotatable bonds is 3. The Kier molecular flexibility index (Phi) is 3.53. The fourth-order valence-corrected chi connectivity index (χ4v) is 3.02. The summed E-state index contributed by atoms with van der Waals surface area (Å²) in [5.74, 6) is -0.108. The van der Waals surface area contributed by atoms with Gasteiger partial charge in [0, 0.05) is 24.7 Å². The molecular weight excluding hydrogens is 240 g/mol. The Labute approximate surface area is 102 Å². The second kappa shape index (κ2) is 4.78. The molecule has 0 aromatic rings. The highest BCUT2D eigenvalue weighted by molar-refractivity contribution is 7.88. The van der Waals surface area contributed by atoms with Gasteiger partial charge in [-0.2, -0.15) is 4.31 Å². The normalized spacial score (nSPS) is 22.8. The molecule has 1 amide bonds. The average Bonchev–Trinajstić information content (AvgIpc) is 2.85. The topological polar surface area (TPSA) is 66.5 Å². The van der Waals surface area contributed by atoms with Crippen molar-refractivity contribution < 1.29 is 13.2 Å². The first-order valence-electron chi connectivity index (χ1n) is 5.92. The molecule has 1 saturated carbocycles. The lowest BCUT2D eigenvalue weighted by Gasteiger charge is -2.14. The van der Waals surface area contributed by atoms with E-state index in [1.807, 2.05) is 0 Å². The molecule has 0 bridgehead atoms. The third kappa shape index (κ3) is 3.07. The number of nitrogens with zero attached hydrogens (tertiary/aromatic N) is 1. The van der Waals surface area contributed by atoms with Crippen molar-refractivity contribution in [1.29, 1.82) is 0 Å². The molecular formula is C11H18N2O3S. The van der Waals surface area contributed by atoms with E-state index in [2.05, 4.69) is 5.32 Å². The first-order chi connectivity index (χ1) is 7.97. The lowest BCUT2D eigenvalue weighted by molar-refractivity contribution is -0.118. The second-order valence-corrected chi connectivity index (χ2v) is 6.72. The maximum absolute atomic E-state index is 11.9. The number of carbonyl (C=O) groups is 1. The van der Waals surface area contributed by atoms with Crippen LogP contribution in [-0.2, 0) is 14.8 Å². The fraction of sp³-hybridized carbons (Fsp3) is 0.727. The molecule has 2 aliphatic rings. The molecule has 5 nitrogen and oxygen atoms in total. The SMILES string of the molecule is CS(=O)(=O)N1CC=C(C(=O)NC2CCCC2)C1. The number of hydrogen-bond donors (Lipinski definition) is 1. The van der Waals surface area contributed by atoms with Gasteiger partial charge in [-0.05, 0) is 12.8 Å². The van der Waals surface area contributed by atoms with E-state index >= 15 is 0 Å². The Morgan fingerprint density at radius 3 is 2.59 bits per heavy atom. The van der Waals surface area contributed by atoms with Crippen LogP contribution in [0.3, 0.4) is 0 Å². The number of carbonyl (C=O) groups excluding carboxylic acids is 1. The molecule has 96 valence electrons. The van der Waals surface area contributed by atoms with E-state index in [1.165, 1.54) is 23.4 Å². The Balaban J connectivity index is 1.89. The number of hydrogen-bond acceptors (Lipinski definition) is 3. The molecule has 17 heavy (non-hydrogen) atoms. The van der Waals surface area contributed by atoms with Crippen molar-refractivity contribution in [2.45, 2.75) is 31.7 Å². The Morgan fingerprint density at radius 1 is 1.41 bits per heavy atom. The van der Waals surface area contributed by atoms with E-state index in [9.17, 15) is 13.2 Å². The summed E-state index contributed by atoms with van der Waals surface area (Å²) < 4.78 is 23.9. The first-order valence-corrected chi connectivity index (χ1v) is 7.76. The molecule has 1 aliphatic heterocycles. The van der Waals surface area contributed by atoms with Crippen molar-refractivity contribution in [3.8, 4) is 0 Å². The maximum Gasteiger partial charge on any atom is 0.248 e. The minimum Gasteiger partial charge on any atom is -0.350 e. The van der Waals surface area contributed by atoms with E-state index in [0.29, 0.717) is 12.1 Å². The highest BCUT2D eigenvalue weighted by Crippen LogP contribution is 2.19. The van der Waals surface area contributed by atoms with E-state index < -0.39 is 10.0 Å². The summed E-state index contributed by atoms with van der Waals surface area (Å²) >= 11 is 0. The van der Waals surface area contributed by atoms with Crippen LogP contribution in [0.15, 0.2) is 11.6 Å². The van der Waals surface area contributed by atoms with Crippen molar-refractivity contribution in [2.75, 3.05) is 19.3 Å². The lowest BCUT2D eigenvalue weighted by Crippen LogP contribution is -2.36. The minimum atomic E-state index is -3.19. The first kappa shape index (κ1) is 12.6. The van der Waals surface area contributed by atoms with Crippen molar-refractivity contribution in [3.63, 3.8) is 0 Å². The zero-order chi connectivity index (χ0) is 12.5. The molecule has 1 aliphatic carbocycles. The summed E-state index contributed by atoms with van der Waals surface area (Å²) in [4.78, 5) is 11.9. The average molecular weight is 258 g/mol. The van der Waals surface area contributed by atoms with Crippen molar-refractivity contribution in [2.24, 2.45) is 0 Å². The quantitative estimate of drug-likeness (QED) is 0.789. The molecule has 0 aromatic carbocycles. The van der Waals surface area contributed by atoms with Gasteiger partial charge in [-0.1, -0.05) is 18.9 Å². The third-order valence-electron chi connectivity index (χ3n) is 3.34. The third-order valence-corrected chi connectivity index (χ3v) is 4.56. The van der Waals surface area contributed by atoms with Gasteiger partial charge < -0.3 is 5.32 Å². The molecule has 0 atom stereocenters. The second-order valence-electron chi connectivity index (χ2n) is 4.74. The predicted molar refractivity (Wildman–Crippen MR) is 64.9 cm³/mol. The maximum atomic E-state index is 11.9. The van der Waals surface area contributed by atoms with Crippen LogP contribution in [0.2, 0.25) is 0 Å². The molecule has 1 fully saturated rings. The van der Waals surface area contributed by atoms with Gasteiger partial charge in [-0.25, -0.2) is 8.42 Å². The van der Waals surface area contributed by atoms with E-state index in [-0.39, 0.29) is 18.5 Å². The van der Waals surface area contributed by atoms with Crippen LogP contribution in [0, 0.1) is 0 Å². The van der Waals surface area contributed by atoms with Gasteiger partial charge in [0.1, 0.15) is 0 Å². The van der Waals surface area contributed by atoms with Gasteiger partial charge >= 0.3 is 0 Å². The lowest BCUT2D eigenvalue weighted by atomic mass is 10.2. The summed E-state index contributed by atoms with van der Waals surface area (Å²) in [7, 11) is -3.19. The highest BCUT2D eigenvalue weighted by Gasteiger charge is 2.27. The smallest absolute Gasteiger partial charge is 0.248 e. The summed E-state index contributed by atoms with van der Waals surface area (Å²) in [5.41, 5.74) is 0.572. The Bertz CT molecular complexity index is 436. The van der Waals surface area contributed by atoms with Crippen LogP contribution < -0.4 is 5.32 Å². The molecule has 6 heteroatoms. The molecule has 0 unspecified atom stereocenters. The van der Waals surface area contributed by atoms with Gasteiger partial charge in [0.15, 0.2) is 0 Å². The van der Waals surface area contributed by atoms with Crippen molar-refractivity contribution in [1.82, 2.24) is 9.62 Å². The van der Waals surface area contributed by atoms with Gasteiger partial charge in [-0.15, -0.1) is 0 Å². The Morgan fingerprint density at radius 2 is 2.06 bits per heavy atom. The van der Waals surface area contributed by atoms with E-state index in [0.717, 1.165) is 12.8 Å². The van der Waals surface area contributed by atoms with Gasteiger partial charge in [-0.3, -0.25) is 4.79 Å². The number of nitrogens with one attached hydrogen (secondary N) is 1. The molecule has 1 N–H and O–H groups in total. The fourth-order valence-electron chi connectivity index (χ4n) is 2.30. The standard InChI is InChI=1S/C11H18N2O3S/c1-17(15,16)13-7-6-9(8-13)11(14)12-10-4-2-3-5-10/h6,10H,2-5,7-8H2,1H3,(H,12,14). The summed E-state index contributed by atoms with van der Waals surface area (Å²) in [6, 6.07) is 0.274. The summed E-state index contributed by atoms with van der Waals surface area (Å²) in [5, 5.41) is 2.96. The zero-order valence-corrected chi connectivity index (χ0v) is 10.8. The minimum absolute atomic E-state index is 0.108. The van der Waals surface area contributed by atoms with E-state index in [1.54, 1.807) is 6.08 Å². The number of sulfonamides is 1. The van der Waals surface area contributed by atoms with Gasteiger partial charge in [0.2, 0.25) is 15.9 Å². The van der Waals surface area contributed by atoms with Crippen molar-refractivity contribution in [3.05, 3.63) is 11.6 Å². The summed E-state index contributed by atoms with van der Waals surface area (Å²) in [6.07, 6.45) is 7.27. The number of amides is 1. The van der Waals surface area contributed by atoms with Crippen LogP contribution in [-0.4, -0.2) is 44.0 Å². The van der Waals surface area contributed by atoms with Gasteiger partial charge in [0.05, 0.1) is 6.26 Å². The molecule has 1 heterocycles. The molecule has 0 aromatic heterocycles. The predicted octanol–water partition coefficient (Wildman–Crippen LogP) is 0.247. The largest absolute Gasteiger partial charge is 0.350 e. The van der Waals surface area contributed by atoms with Crippen molar-refractivity contribution >= 4 is 15.9 Å². The van der Waals surface area contributed by atoms with E-state index in [4.69, 9.17) is 0 Å². The van der Waals surface area contributed by atoms with Crippen LogP contribution in [0.25, 0.3) is 0 Å². The van der Waals surface area contributed by atoms with Crippen LogP contribution >= 0.6 is 0 Å². The zero-order valence-electron chi connectivity index (χ0n) is 9.98. The monoisotopic (exact) mass is 258 g/mol. The molecule has 0 saturated heterocycles. The highest BCUT2D eigenvalue weighted by atomic mass is 32.2. The molecule has 2 rings (SSSR count). The van der Waals surface area contributed by atoms with Crippen LogP contribution in [0.1, 0.15) is 25.7 Å². The molecule has 0 radical (unpaired) electrons. The van der Waals surface area contributed by atoms with Crippen LogP contribution in [0.4, 0.5) is 0 Å². The summed E-state index contributed by atoms with van der Waals surface area (Å²) in [6.45, 7) is 0.517. The van der Waals surface area contributed by atoms with Gasteiger partial charge in [0.25, 0.3) is 0 Å². The molecule has 0 spiro atoms. The Hall–Kier alpha value is -0.880. The van der Waals surface area contributed by atoms with Crippen LogP contribution in [0.5, 0.6) is 0 Å².